The molecule has 23 heavy (non-hydrogen) atoms. The summed E-state index contributed by atoms with van der Waals surface area (Å²) in [5.74, 6) is -0.581. The highest BCUT2D eigenvalue weighted by atomic mass is 19.4. The van der Waals surface area contributed by atoms with E-state index in [1.54, 1.807) is 12.1 Å². The predicted molar refractivity (Wildman–Crippen MR) is 84.7 cm³/mol. The van der Waals surface area contributed by atoms with Crippen LogP contribution in [0.1, 0.15) is 28.4 Å². The summed E-state index contributed by atoms with van der Waals surface area (Å²) < 4.78 is 38.1. The lowest BCUT2D eigenvalue weighted by Crippen LogP contribution is -2.14. The van der Waals surface area contributed by atoms with E-state index >= 15 is 0 Å². The van der Waals surface area contributed by atoms with Gasteiger partial charge in [0, 0.05) is 23.5 Å². The van der Waals surface area contributed by atoms with Crippen LogP contribution in [0.15, 0.2) is 42.5 Å². The van der Waals surface area contributed by atoms with E-state index in [0.717, 1.165) is 29.9 Å². The smallest absolute Gasteiger partial charge is 0.385 e. The second kappa shape index (κ2) is 6.73. The van der Waals surface area contributed by atoms with E-state index in [9.17, 15) is 18.0 Å². The topological polar surface area (TPSA) is 41.1 Å². The molecule has 0 saturated carbocycles. The van der Waals surface area contributed by atoms with Gasteiger partial charge in [0.1, 0.15) is 0 Å². The molecule has 0 bridgehead atoms. The quantitative estimate of drug-likeness (QED) is 0.857. The zero-order valence-electron chi connectivity index (χ0n) is 12.8. The molecule has 0 fully saturated rings. The number of carbonyl (C=O) groups excluding carboxylic acids is 1. The van der Waals surface area contributed by atoms with Crippen molar-refractivity contribution in [3.05, 3.63) is 59.2 Å². The van der Waals surface area contributed by atoms with Crippen LogP contribution < -0.4 is 10.6 Å². The zero-order valence-corrected chi connectivity index (χ0v) is 12.8. The molecule has 0 aliphatic rings. The molecule has 2 rings (SSSR count). The molecule has 0 aliphatic carbocycles. The first-order valence-corrected chi connectivity index (χ1v) is 7.14. The standard InChI is InChI=1S/C17H17F3N2O/c1-3-21-15-10-14(8-7-11(15)2)22-16(23)12-5-4-6-13(9-12)17(18,19)20/h4-10,21H,3H2,1-2H3,(H,22,23). The summed E-state index contributed by atoms with van der Waals surface area (Å²) in [7, 11) is 0. The van der Waals surface area contributed by atoms with E-state index in [4.69, 9.17) is 0 Å². The number of rotatable bonds is 4. The lowest BCUT2D eigenvalue weighted by atomic mass is 10.1. The molecule has 0 saturated heterocycles. The lowest BCUT2D eigenvalue weighted by Gasteiger charge is -2.12. The van der Waals surface area contributed by atoms with Gasteiger partial charge in [-0.3, -0.25) is 4.79 Å². The number of carbonyl (C=O) groups is 1. The minimum absolute atomic E-state index is 0.0367. The summed E-state index contributed by atoms with van der Waals surface area (Å²) in [5.41, 5.74) is 1.53. The predicted octanol–water partition coefficient (Wildman–Crippen LogP) is 4.70. The monoisotopic (exact) mass is 322 g/mol. The van der Waals surface area contributed by atoms with Crippen LogP contribution in [0, 0.1) is 6.92 Å². The van der Waals surface area contributed by atoms with Crippen LogP contribution in [0.5, 0.6) is 0 Å². The maximum Gasteiger partial charge on any atom is 0.416 e. The number of nitrogens with one attached hydrogen (secondary N) is 2. The summed E-state index contributed by atoms with van der Waals surface area (Å²) in [5, 5.41) is 5.77. The van der Waals surface area contributed by atoms with Gasteiger partial charge in [-0.05, 0) is 49.7 Å². The molecule has 0 heterocycles. The van der Waals surface area contributed by atoms with E-state index in [-0.39, 0.29) is 5.56 Å². The van der Waals surface area contributed by atoms with E-state index < -0.39 is 17.6 Å². The second-order valence-electron chi connectivity index (χ2n) is 5.09. The number of benzene rings is 2. The molecule has 0 unspecified atom stereocenters. The Balaban J connectivity index is 2.21. The molecule has 2 aromatic carbocycles. The first-order chi connectivity index (χ1) is 10.8. The van der Waals surface area contributed by atoms with E-state index in [0.29, 0.717) is 5.69 Å². The number of hydrogen-bond donors (Lipinski definition) is 2. The van der Waals surface area contributed by atoms with Crippen LogP contribution in [0.3, 0.4) is 0 Å². The zero-order chi connectivity index (χ0) is 17.0. The molecular formula is C17H17F3N2O. The lowest BCUT2D eigenvalue weighted by molar-refractivity contribution is -0.137. The van der Waals surface area contributed by atoms with Crippen molar-refractivity contribution in [2.24, 2.45) is 0 Å². The van der Waals surface area contributed by atoms with Crippen molar-refractivity contribution in [2.45, 2.75) is 20.0 Å². The SMILES string of the molecule is CCNc1cc(NC(=O)c2cccc(C(F)(F)F)c2)ccc1C. The van der Waals surface area contributed by atoms with Gasteiger partial charge in [-0.2, -0.15) is 13.2 Å². The molecule has 0 aromatic heterocycles. The summed E-state index contributed by atoms with van der Waals surface area (Å²) in [4.78, 5) is 12.1. The molecule has 2 N–H and O–H groups in total. The number of halogens is 3. The fourth-order valence-corrected chi connectivity index (χ4v) is 2.12. The van der Waals surface area contributed by atoms with Gasteiger partial charge in [-0.1, -0.05) is 12.1 Å². The Morgan fingerprint density at radius 2 is 1.87 bits per heavy atom. The minimum atomic E-state index is -4.47. The summed E-state index contributed by atoms with van der Waals surface area (Å²) in [6.07, 6.45) is -4.47. The molecular weight excluding hydrogens is 305 g/mol. The first kappa shape index (κ1) is 16.9. The van der Waals surface area contributed by atoms with Gasteiger partial charge < -0.3 is 10.6 Å². The van der Waals surface area contributed by atoms with Crippen molar-refractivity contribution in [1.29, 1.82) is 0 Å². The van der Waals surface area contributed by atoms with Crippen LogP contribution >= 0.6 is 0 Å². The fraction of sp³-hybridized carbons (Fsp3) is 0.235. The number of aryl methyl sites for hydroxylation is 1. The van der Waals surface area contributed by atoms with Gasteiger partial charge in [-0.25, -0.2) is 0 Å². The minimum Gasteiger partial charge on any atom is -0.385 e. The van der Waals surface area contributed by atoms with Crippen LogP contribution in [0.25, 0.3) is 0 Å². The Hall–Kier alpha value is -2.50. The van der Waals surface area contributed by atoms with Gasteiger partial charge in [0.25, 0.3) is 5.91 Å². The highest BCUT2D eigenvalue weighted by molar-refractivity contribution is 6.04. The average Bonchev–Trinajstić information content (AvgIpc) is 2.50. The Kier molecular flexibility index (Phi) is 4.93. The number of anilines is 2. The molecule has 2 aromatic rings. The molecule has 0 aliphatic heterocycles. The Bertz CT molecular complexity index is 711. The molecule has 6 heteroatoms. The van der Waals surface area contributed by atoms with Crippen molar-refractivity contribution in [3.8, 4) is 0 Å². The fourth-order valence-electron chi connectivity index (χ4n) is 2.12. The van der Waals surface area contributed by atoms with Crippen LogP contribution in [0.2, 0.25) is 0 Å². The largest absolute Gasteiger partial charge is 0.416 e. The van der Waals surface area contributed by atoms with Crippen molar-refractivity contribution in [2.75, 3.05) is 17.2 Å². The third kappa shape index (κ3) is 4.25. The van der Waals surface area contributed by atoms with Crippen molar-refractivity contribution < 1.29 is 18.0 Å². The number of amides is 1. The molecule has 0 radical (unpaired) electrons. The van der Waals surface area contributed by atoms with Gasteiger partial charge in [0.15, 0.2) is 0 Å². The van der Waals surface area contributed by atoms with Crippen LogP contribution in [-0.4, -0.2) is 12.5 Å². The van der Waals surface area contributed by atoms with Crippen molar-refractivity contribution in [1.82, 2.24) is 0 Å². The van der Waals surface area contributed by atoms with E-state index in [2.05, 4.69) is 10.6 Å². The summed E-state index contributed by atoms with van der Waals surface area (Å²) >= 11 is 0. The van der Waals surface area contributed by atoms with E-state index in [1.807, 2.05) is 19.9 Å². The molecule has 3 nitrogen and oxygen atoms in total. The highest BCUT2D eigenvalue weighted by Crippen LogP contribution is 2.29. The van der Waals surface area contributed by atoms with Crippen molar-refractivity contribution >= 4 is 17.3 Å². The van der Waals surface area contributed by atoms with E-state index in [1.165, 1.54) is 12.1 Å². The Morgan fingerprint density at radius 3 is 2.52 bits per heavy atom. The Morgan fingerprint density at radius 1 is 1.13 bits per heavy atom. The maximum atomic E-state index is 12.7. The molecule has 0 atom stereocenters. The number of alkyl halides is 3. The van der Waals surface area contributed by atoms with Crippen molar-refractivity contribution in [3.63, 3.8) is 0 Å². The highest BCUT2D eigenvalue weighted by Gasteiger charge is 2.30. The second-order valence-corrected chi connectivity index (χ2v) is 5.09. The maximum absolute atomic E-state index is 12.7. The molecule has 1 amide bonds. The molecule has 0 spiro atoms. The van der Waals surface area contributed by atoms with Gasteiger partial charge in [-0.15, -0.1) is 0 Å². The molecule has 122 valence electrons. The van der Waals surface area contributed by atoms with Crippen LogP contribution in [-0.2, 0) is 6.18 Å². The Labute approximate surface area is 132 Å². The third-order valence-corrected chi connectivity index (χ3v) is 3.31. The summed E-state index contributed by atoms with van der Waals surface area (Å²) in [6, 6.07) is 9.65. The average molecular weight is 322 g/mol. The summed E-state index contributed by atoms with van der Waals surface area (Å²) in [6.45, 7) is 4.61. The van der Waals surface area contributed by atoms with Gasteiger partial charge in [0.2, 0.25) is 0 Å². The van der Waals surface area contributed by atoms with Crippen LogP contribution in [0.4, 0.5) is 24.5 Å². The normalized spacial score (nSPS) is 11.2. The first-order valence-electron chi connectivity index (χ1n) is 7.14. The number of hydrogen-bond acceptors (Lipinski definition) is 2. The third-order valence-electron chi connectivity index (χ3n) is 3.31. The van der Waals surface area contributed by atoms with Gasteiger partial charge in [0.05, 0.1) is 5.56 Å². The van der Waals surface area contributed by atoms with Gasteiger partial charge >= 0.3 is 6.18 Å².